The number of rotatable bonds is 7. The Morgan fingerprint density at radius 2 is 1.81 bits per heavy atom. The average Bonchev–Trinajstić information content (AvgIpc) is 2.68. The van der Waals surface area contributed by atoms with Crippen LogP contribution in [0.15, 0.2) is 42.5 Å². The van der Waals surface area contributed by atoms with Crippen LogP contribution in [-0.2, 0) is 6.54 Å². The Morgan fingerprint density at radius 3 is 2.52 bits per heavy atom. The van der Waals surface area contributed by atoms with Gasteiger partial charge in [0.25, 0.3) is 0 Å². The summed E-state index contributed by atoms with van der Waals surface area (Å²) in [5.41, 5.74) is 1.05. The molecule has 0 bridgehead atoms. The molecule has 2 aromatic rings. The molecule has 1 saturated heterocycles. The van der Waals surface area contributed by atoms with Gasteiger partial charge in [-0.15, -0.1) is 0 Å². The molecule has 1 aliphatic heterocycles. The van der Waals surface area contributed by atoms with Gasteiger partial charge in [-0.3, -0.25) is 4.79 Å². The second-order valence-electron chi connectivity index (χ2n) is 6.90. The summed E-state index contributed by atoms with van der Waals surface area (Å²) in [6.45, 7) is 3.53. The summed E-state index contributed by atoms with van der Waals surface area (Å²) in [4.78, 5) is 14.8. The topological polar surface area (TPSA) is 32.3 Å². The van der Waals surface area contributed by atoms with Gasteiger partial charge in [0.05, 0.1) is 0 Å². The molecule has 27 heavy (non-hydrogen) atoms. The van der Waals surface area contributed by atoms with Crippen molar-refractivity contribution in [3.05, 3.63) is 70.2 Å². The SMILES string of the molecule is O=C(c1ccc(Cl)cc1)C1CCN(CCNCc2cc(F)ccc2F)CC1. The first-order chi connectivity index (χ1) is 13.0. The highest BCUT2D eigenvalue weighted by Crippen LogP contribution is 2.22. The van der Waals surface area contributed by atoms with Crippen molar-refractivity contribution in [2.45, 2.75) is 19.4 Å². The molecular formula is C21H23ClF2N2O. The summed E-state index contributed by atoms with van der Waals surface area (Å²) >= 11 is 5.87. The maximum absolute atomic E-state index is 13.6. The molecule has 6 heteroatoms. The van der Waals surface area contributed by atoms with Gasteiger partial charge in [-0.2, -0.15) is 0 Å². The number of ketones is 1. The van der Waals surface area contributed by atoms with Crippen molar-refractivity contribution < 1.29 is 13.6 Å². The van der Waals surface area contributed by atoms with Crippen molar-refractivity contribution in [1.29, 1.82) is 0 Å². The molecule has 3 rings (SSSR count). The van der Waals surface area contributed by atoms with E-state index in [0.717, 1.165) is 50.2 Å². The lowest BCUT2D eigenvalue weighted by atomic mass is 9.89. The van der Waals surface area contributed by atoms with Crippen molar-refractivity contribution in [2.75, 3.05) is 26.2 Å². The molecule has 0 radical (unpaired) electrons. The van der Waals surface area contributed by atoms with E-state index in [-0.39, 0.29) is 11.7 Å². The predicted molar refractivity (Wildman–Crippen MR) is 103 cm³/mol. The van der Waals surface area contributed by atoms with Gasteiger partial charge in [0.1, 0.15) is 11.6 Å². The molecule has 0 spiro atoms. The Kier molecular flexibility index (Phi) is 6.94. The van der Waals surface area contributed by atoms with Gasteiger partial charge in [0, 0.05) is 41.7 Å². The molecular weight excluding hydrogens is 370 g/mol. The van der Waals surface area contributed by atoms with E-state index in [2.05, 4.69) is 10.2 Å². The van der Waals surface area contributed by atoms with Crippen LogP contribution >= 0.6 is 11.6 Å². The van der Waals surface area contributed by atoms with Crippen molar-refractivity contribution in [3.8, 4) is 0 Å². The summed E-state index contributed by atoms with van der Waals surface area (Å²) in [6, 6.07) is 10.5. The predicted octanol–water partition coefficient (Wildman–Crippen LogP) is 4.30. The summed E-state index contributed by atoms with van der Waals surface area (Å²) in [7, 11) is 0. The van der Waals surface area contributed by atoms with Crippen LogP contribution < -0.4 is 5.32 Å². The van der Waals surface area contributed by atoms with Crippen LogP contribution in [0.25, 0.3) is 0 Å². The fraction of sp³-hybridized carbons (Fsp3) is 0.381. The normalized spacial score (nSPS) is 15.8. The van der Waals surface area contributed by atoms with Crippen molar-refractivity contribution in [3.63, 3.8) is 0 Å². The van der Waals surface area contributed by atoms with Crippen molar-refractivity contribution in [1.82, 2.24) is 10.2 Å². The van der Waals surface area contributed by atoms with Crippen LogP contribution in [0.1, 0.15) is 28.8 Å². The van der Waals surface area contributed by atoms with Gasteiger partial charge in [-0.05, 0) is 68.4 Å². The highest BCUT2D eigenvalue weighted by Gasteiger charge is 2.25. The summed E-state index contributed by atoms with van der Waals surface area (Å²) in [5.74, 6) is -0.589. The van der Waals surface area contributed by atoms with Gasteiger partial charge in [0.15, 0.2) is 5.78 Å². The first-order valence-corrected chi connectivity index (χ1v) is 9.57. The Hall–Kier alpha value is -1.82. The third-order valence-electron chi connectivity index (χ3n) is 5.02. The standard InChI is InChI=1S/C21H23ClF2N2O/c22-18-3-1-15(2-4-18)21(27)16-7-10-26(11-8-16)12-9-25-14-17-13-19(23)5-6-20(17)24/h1-6,13,16,25H,7-12,14H2. The third kappa shape index (κ3) is 5.58. The molecule has 1 fully saturated rings. The number of nitrogens with one attached hydrogen (secondary N) is 1. The minimum atomic E-state index is -0.430. The molecule has 1 aliphatic rings. The number of likely N-dealkylation sites (tertiary alicyclic amines) is 1. The molecule has 0 aromatic heterocycles. The molecule has 0 unspecified atom stereocenters. The van der Waals surface area contributed by atoms with E-state index < -0.39 is 11.6 Å². The number of nitrogens with zero attached hydrogens (tertiary/aromatic N) is 1. The highest BCUT2D eigenvalue weighted by atomic mass is 35.5. The lowest BCUT2D eigenvalue weighted by Gasteiger charge is -2.31. The second kappa shape index (κ2) is 9.40. The highest BCUT2D eigenvalue weighted by molar-refractivity contribution is 6.30. The Labute approximate surface area is 163 Å². The molecule has 0 atom stereocenters. The Bertz CT molecular complexity index is 774. The number of halogens is 3. The number of carbonyl (C=O) groups is 1. The smallest absolute Gasteiger partial charge is 0.166 e. The summed E-state index contributed by atoms with van der Waals surface area (Å²) in [6.07, 6.45) is 1.67. The number of Topliss-reactive ketones (excluding diaryl/α,β-unsaturated/α-hetero) is 1. The monoisotopic (exact) mass is 392 g/mol. The molecule has 144 valence electrons. The number of hydrogen-bond acceptors (Lipinski definition) is 3. The zero-order chi connectivity index (χ0) is 19.2. The minimum absolute atomic E-state index is 0.0526. The van der Waals surface area contributed by atoms with Crippen LogP contribution in [0.4, 0.5) is 8.78 Å². The zero-order valence-corrected chi connectivity index (χ0v) is 15.8. The van der Waals surface area contributed by atoms with Crippen LogP contribution in [-0.4, -0.2) is 36.9 Å². The van der Waals surface area contributed by atoms with Crippen molar-refractivity contribution >= 4 is 17.4 Å². The van der Waals surface area contributed by atoms with Gasteiger partial charge in [0.2, 0.25) is 0 Å². The summed E-state index contributed by atoms with van der Waals surface area (Å²) < 4.78 is 26.7. The Morgan fingerprint density at radius 1 is 1.11 bits per heavy atom. The Balaban J connectivity index is 1.39. The maximum Gasteiger partial charge on any atom is 0.166 e. The number of piperidine rings is 1. The van der Waals surface area contributed by atoms with E-state index in [4.69, 9.17) is 11.6 Å². The van der Waals surface area contributed by atoms with Crippen LogP contribution in [0.3, 0.4) is 0 Å². The van der Waals surface area contributed by atoms with E-state index in [9.17, 15) is 13.6 Å². The van der Waals surface area contributed by atoms with E-state index >= 15 is 0 Å². The largest absolute Gasteiger partial charge is 0.311 e. The molecule has 2 aromatic carbocycles. The fourth-order valence-electron chi connectivity index (χ4n) is 3.41. The lowest BCUT2D eigenvalue weighted by Crippen LogP contribution is -2.39. The van der Waals surface area contributed by atoms with E-state index in [1.807, 2.05) is 0 Å². The van der Waals surface area contributed by atoms with Gasteiger partial charge in [-0.25, -0.2) is 8.78 Å². The minimum Gasteiger partial charge on any atom is -0.311 e. The van der Waals surface area contributed by atoms with Crippen molar-refractivity contribution in [2.24, 2.45) is 5.92 Å². The first kappa shape index (κ1) is 19.9. The van der Waals surface area contributed by atoms with Crippen LogP contribution in [0.2, 0.25) is 5.02 Å². The quantitative estimate of drug-likeness (QED) is 0.563. The number of hydrogen-bond donors (Lipinski definition) is 1. The van der Waals surface area contributed by atoms with Crippen LogP contribution in [0.5, 0.6) is 0 Å². The molecule has 0 amide bonds. The van der Waals surface area contributed by atoms with E-state index in [0.29, 0.717) is 23.7 Å². The zero-order valence-electron chi connectivity index (χ0n) is 15.1. The first-order valence-electron chi connectivity index (χ1n) is 9.19. The maximum atomic E-state index is 13.6. The number of benzene rings is 2. The lowest BCUT2D eigenvalue weighted by molar-refractivity contribution is 0.0841. The summed E-state index contributed by atoms with van der Waals surface area (Å²) in [5, 5.41) is 3.79. The van der Waals surface area contributed by atoms with Crippen LogP contribution in [0, 0.1) is 17.6 Å². The molecule has 1 N–H and O–H groups in total. The average molecular weight is 393 g/mol. The molecule has 1 heterocycles. The number of carbonyl (C=O) groups excluding carboxylic acids is 1. The van der Waals surface area contributed by atoms with Gasteiger partial charge < -0.3 is 10.2 Å². The third-order valence-corrected chi connectivity index (χ3v) is 5.27. The van der Waals surface area contributed by atoms with Gasteiger partial charge in [-0.1, -0.05) is 11.6 Å². The fourth-order valence-corrected chi connectivity index (χ4v) is 3.53. The second-order valence-corrected chi connectivity index (χ2v) is 7.34. The molecule has 3 nitrogen and oxygen atoms in total. The van der Waals surface area contributed by atoms with E-state index in [1.54, 1.807) is 24.3 Å². The van der Waals surface area contributed by atoms with E-state index in [1.165, 1.54) is 6.07 Å². The van der Waals surface area contributed by atoms with Gasteiger partial charge >= 0.3 is 0 Å². The molecule has 0 saturated carbocycles. The molecule has 0 aliphatic carbocycles.